The molecule has 104 valence electrons. The second-order valence-electron chi connectivity index (χ2n) is 5.31. The predicted octanol–water partition coefficient (Wildman–Crippen LogP) is 2.17. The molecule has 0 spiro atoms. The fourth-order valence-electron chi connectivity index (χ4n) is 2.44. The number of benzene rings is 1. The first-order chi connectivity index (χ1) is 9.74. The molecule has 0 saturated carbocycles. The minimum Gasteiger partial charge on any atom is -0.353 e. The zero-order valence-corrected chi connectivity index (χ0v) is 12.1. The normalized spacial score (nSPS) is 15.4. The Morgan fingerprint density at radius 1 is 0.950 bits per heavy atom. The van der Waals surface area contributed by atoms with E-state index in [2.05, 4.69) is 64.6 Å². The maximum atomic E-state index is 4.38. The van der Waals surface area contributed by atoms with Crippen LogP contribution in [0.4, 0.5) is 5.82 Å². The van der Waals surface area contributed by atoms with Crippen LogP contribution in [0, 0.1) is 13.8 Å². The largest absolute Gasteiger partial charge is 0.353 e. The summed E-state index contributed by atoms with van der Waals surface area (Å²) in [6.45, 7) is 8.27. The number of nitrogens with zero attached hydrogens (tertiary/aromatic N) is 3. The van der Waals surface area contributed by atoms with Gasteiger partial charge in [-0.1, -0.05) is 12.1 Å². The van der Waals surface area contributed by atoms with Gasteiger partial charge in [0.05, 0.1) is 5.69 Å². The van der Waals surface area contributed by atoms with E-state index in [1.165, 1.54) is 11.1 Å². The summed E-state index contributed by atoms with van der Waals surface area (Å²) in [5.74, 6) is 0.971. The van der Waals surface area contributed by atoms with Crippen LogP contribution in [0.2, 0.25) is 0 Å². The van der Waals surface area contributed by atoms with E-state index in [0.717, 1.165) is 43.3 Å². The lowest BCUT2D eigenvalue weighted by Crippen LogP contribution is -2.43. The van der Waals surface area contributed by atoms with Crippen LogP contribution in [0.25, 0.3) is 11.3 Å². The molecule has 3 rings (SSSR count). The van der Waals surface area contributed by atoms with Gasteiger partial charge in [-0.3, -0.25) is 0 Å². The molecule has 4 heteroatoms. The van der Waals surface area contributed by atoms with E-state index in [9.17, 15) is 0 Å². The topological polar surface area (TPSA) is 41.0 Å². The Bertz CT molecular complexity index is 586. The van der Waals surface area contributed by atoms with Crippen LogP contribution >= 0.6 is 0 Å². The maximum absolute atomic E-state index is 4.38. The van der Waals surface area contributed by atoms with Gasteiger partial charge in [0.2, 0.25) is 0 Å². The zero-order chi connectivity index (χ0) is 13.9. The van der Waals surface area contributed by atoms with Gasteiger partial charge in [-0.15, -0.1) is 10.2 Å². The van der Waals surface area contributed by atoms with Gasteiger partial charge >= 0.3 is 0 Å². The van der Waals surface area contributed by atoms with E-state index >= 15 is 0 Å². The first kappa shape index (κ1) is 13.1. The molecule has 2 aromatic rings. The van der Waals surface area contributed by atoms with Crippen LogP contribution < -0.4 is 10.2 Å². The van der Waals surface area contributed by atoms with Crippen LogP contribution in [0.15, 0.2) is 30.3 Å². The minimum atomic E-state index is 0.937. The molecule has 0 unspecified atom stereocenters. The maximum Gasteiger partial charge on any atom is 0.151 e. The Kier molecular flexibility index (Phi) is 3.65. The third kappa shape index (κ3) is 2.65. The van der Waals surface area contributed by atoms with Crippen molar-refractivity contribution in [3.63, 3.8) is 0 Å². The Balaban J connectivity index is 1.83. The van der Waals surface area contributed by atoms with Crippen LogP contribution in [0.3, 0.4) is 0 Å². The Morgan fingerprint density at radius 3 is 2.40 bits per heavy atom. The van der Waals surface area contributed by atoms with E-state index in [1.807, 2.05) is 0 Å². The first-order valence-corrected chi connectivity index (χ1v) is 7.11. The molecule has 2 heterocycles. The van der Waals surface area contributed by atoms with Crippen LogP contribution in [-0.4, -0.2) is 36.4 Å². The molecule has 1 aliphatic heterocycles. The van der Waals surface area contributed by atoms with Crippen molar-refractivity contribution in [1.29, 1.82) is 0 Å². The highest BCUT2D eigenvalue weighted by molar-refractivity contribution is 5.61. The minimum absolute atomic E-state index is 0.937. The summed E-state index contributed by atoms with van der Waals surface area (Å²) in [4.78, 5) is 2.27. The first-order valence-electron chi connectivity index (χ1n) is 7.11. The summed E-state index contributed by atoms with van der Waals surface area (Å²) in [6.07, 6.45) is 0. The van der Waals surface area contributed by atoms with Gasteiger partial charge in [0.15, 0.2) is 5.82 Å². The fraction of sp³-hybridized carbons (Fsp3) is 0.375. The van der Waals surface area contributed by atoms with E-state index < -0.39 is 0 Å². The number of hydrogen-bond donors (Lipinski definition) is 1. The molecule has 1 aromatic heterocycles. The predicted molar refractivity (Wildman–Crippen MR) is 82.0 cm³/mol. The van der Waals surface area contributed by atoms with Gasteiger partial charge in [-0.2, -0.15) is 0 Å². The zero-order valence-electron chi connectivity index (χ0n) is 12.1. The molecule has 1 saturated heterocycles. The molecule has 1 fully saturated rings. The Morgan fingerprint density at radius 2 is 1.75 bits per heavy atom. The van der Waals surface area contributed by atoms with Gasteiger partial charge in [-0.25, -0.2) is 0 Å². The number of aromatic nitrogens is 2. The van der Waals surface area contributed by atoms with E-state index in [1.54, 1.807) is 0 Å². The average Bonchev–Trinajstić information content (AvgIpc) is 2.51. The molecule has 0 aliphatic carbocycles. The molecule has 1 aliphatic rings. The van der Waals surface area contributed by atoms with Crippen molar-refractivity contribution in [2.45, 2.75) is 13.8 Å². The molecular weight excluding hydrogens is 248 g/mol. The third-order valence-corrected chi connectivity index (χ3v) is 3.89. The SMILES string of the molecule is Cc1ccc(-c2ccc(N3CCNCC3)nn2)cc1C. The van der Waals surface area contributed by atoms with Crippen molar-refractivity contribution >= 4 is 5.82 Å². The molecular formula is C16H20N4. The van der Waals surface area contributed by atoms with Crippen molar-refractivity contribution in [3.05, 3.63) is 41.5 Å². The van der Waals surface area contributed by atoms with Gasteiger partial charge in [0.1, 0.15) is 0 Å². The van der Waals surface area contributed by atoms with Crippen molar-refractivity contribution in [1.82, 2.24) is 15.5 Å². The van der Waals surface area contributed by atoms with Crippen molar-refractivity contribution in [3.8, 4) is 11.3 Å². The number of piperazine rings is 1. The number of nitrogens with one attached hydrogen (secondary N) is 1. The van der Waals surface area contributed by atoms with E-state index in [4.69, 9.17) is 0 Å². The van der Waals surface area contributed by atoms with Crippen LogP contribution in [-0.2, 0) is 0 Å². The van der Waals surface area contributed by atoms with Gasteiger partial charge in [0.25, 0.3) is 0 Å². The standard InChI is InChI=1S/C16H20N4/c1-12-3-4-14(11-13(12)2)15-5-6-16(19-18-15)20-9-7-17-8-10-20/h3-6,11,17H,7-10H2,1-2H3. The smallest absolute Gasteiger partial charge is 0.151 e. The highest BCUT2D eigenvalue weighted by Crippen LogP contribution is 2.21. The van der Waals surface area contributed by atoms with Gasteiger partial charge < -0.3 is 10.2 Å². The van der Waals surface area contributed by atoms with E-state index in [-0.39, 0.29) is 0 Å². The molecule has 1 aromatic carbocycles. The molecule has 0 bridgehead atoms. The lowest BCUT2D eigenvalue weighted by atomic mass is 10.0. The van der Waals surface area contributed by atoms with Crippen LogP contribution in [0.5, 0.6) is 0 Å². The summed E-state index contributed by atoms with van der Waals surface area (Å²) in [5, 5.41) is 12.1. The number of aryl methyl sites for hydroxylation is 2. The third-order valence-electron chi connectivity index (χ3n) is 3.89. The Hall–Kier alpha value is -1.94. The molecule has 0 amide bonds. The van der Waals surface area contributed by atoms with Crippen molar-refractivity contribution in [2.24, 2.45) is 0 Å². The van der Waals surface area contributed by atoms with Gasteiger partial charge in [-0.05, 0) is 43.2 Å². The number of anilines is 1. The lowest BCUT2D eigenvalue weighted by Gasteiger charge is -2.27. The quantitative estimate of drug-likeness (QED) is 0.906. The summed E-state index contributed by atoms with van der Waals surface area (Å²) in [5.41, 5.74) is 4.66. The monoisotopic (exact) mass is 268 g/mol. The molecule has 20 heavy (non-hydrogen) atoms. The number of hydrogen-bond acceptors (Lipinski definition) is 4. The highest BCUT2D eigenvalue weighted by Gasteiger charge is 2.12. The number of rotatable bonds is 2. The second-order valence-corrected chi connectivity index (χ2v) is 5.31. The summed E-state index contributed by atoms with van der Waals surface area (Å²) in [6, 6.07) is 10.6. The highest BCUT2D eigenvalue weighted by atomic mass is 15.3. The van der Waals surface area contributed by atoms with Crippen molar-refractivity contribution in [2.75, 3.05) is 31.1 Å². The summed E-state index contributed by atoms with van der Waals surface area (Å²) in [7, 11) is 0. The molecule has 0 atom stereocenters. The molecule has 0 radical (unpaired) electrons. The molecule has 4 nitrogen and oxygen atoms in total. The van der Waals surface area contributed by atoms with Gasteiger partial charge in [0, 0.05) is 31.7 Å². The van der Waals surface area contributed by atoms with Crippen LogP contribution in [0.1, 0.15) is 11.1 Å². The Labute approximate surface area is 119 Å². The second kappa shape index (κ2) is 5.59. The fourth-order valence-corrected chi connectivity index (χ4v) is 2.44. The summed E-state index contributed by atoms with van der Waals surface area (Å²) >= 11 is 0. The summed E-state index contributed by atoms with van der Waals surface area (Å²) < 4.78 is 0. The van der Waals surface area contributed by atoms with E-state index in [0.29, 0.717) is 0 Å². The molecule has 1 N–H and O–H groups in total. The lowest BCUT2D eigenvalue weighted by molar-refractivity contribution is 0.583. The van der Waals surface area contributed by atoms with Crippen molar-refractivity contribution < 1.29 is 0 Å². The average molecular weight is 268 g/mol.